The number of carbonyl (C=O) groups excluding carboxylic acids is 1. The van der Waals surface area contributed by atoms with E-state index in [0.29, 0.717) is 24.7 Å². The number of hydrogen-bond donors (Lipinski definition) is 1. The summed E-state index contributed by atoms with van der Waals surface area (Å²) in [6.07, 6.45) is 0. The highest BCUT2D eigenvalue weighted by Crippen LogP contribution is 2.18. The van der Waals surface area contributed by atoms with Gasteiger partial charge in [0.1, 0.15) is 18.1 Å². The second-order valence-electron chi connectivity index (χ2n) is 6.59. The summed E-state index contributed by atoms with van der Waals surface area (Å²) in [5.74, 6) is 1.54. The number of nitrogens with zero attached hydrogens (tertiary/aromatic N) is 1. The van der Waals surface area contributed by atoms with E-state index < -0.39 is 0 Å². The lowest BCUT2D eigenvalue weighted by molar-refractivity contribution is 0.0382. The van der Waals surface area contributed by atoms with Crippen LogP contribution in [0.2, 0.25) is 0 Å². The van der Waals surface area contributed by atoms with E-state index in [1.807, 2.05) is 26.0 Å². The summed E-state index contributed by atoms with van der Waals surface area (Å²) in [5.41, 5.74) is 2.31. The van der Waals surface area contributed by atoms with Gasteiger partial charge in [-0.15, -0.1) is 0 Å². The van der Waals surface area contributed by atoms with Crippen LogP contribution in [-0.4, -0.2) is 50.2 Å². The van der Waals surface area contributed by atoms with Crippen molar-refractivity contribution in [3.8, 4) is 5.75 Å². The maximum absolute atomic E-state index is 12.2. The zero-order valence-electron chi connectivity index (χ0n) is 15.4. The molecule has 6 nitrogen and oxygen atoms in total. The lowest BCUT2D eigenvalue weighted by Gasteiger charge is -2.26. The average Bonchev–Trinajstić information content (AvgIpc) is 3.09. The molecule has 1 saturated heterocycles. The third-order valence-electron chi connectivity index (χ3n) is 4.28. The highest BCUT2D eigenvalue weighted by Gasteiger charge is 2.13. The van der Waals surface area contributed by atoms with Gasteiger partial charge < -0.3 is 19.2 Å². The van der Waals surface area contributed by atoms with Gasteiger partial charge in [0, 0.05) is 26.2 Å². The van der Waals surface area contributed by atoms with Crippen molar-refractivity contribution in [2.75, 3.05) is 39.4 Å². The average molecular weight is 358 g/mol. The van der Waals surface area contributed by atoms with E-state index in [1.54, 1.807) is 12.1 Å². The summed E-state index contributed by atoms with van der Waals surface area (Å²) in [6.45, 7) is 9.12. The lowest BCUT2D eigenvalue weighted by Crippen LogP contribution is -2.41. The second-order valence-corrected chi connectivity index (χ2v) is 6.59. The molecule has 6 heteroatoms. The minimum Gasteiger partial charge on any atom is -0.486 e. The normalized spacial score (nSPS) is 15.0. The molecule has 2 aromatic rings. The summed E-state index contributed by atoms with van der Waals surface area (Å²) in [7, 11) is 0. The van der Waals surface area contributed by atoms with Gasteiger partial charge in [0.2, 0.25) is 0 Å². The van der Waals surface area contributed by atoms with Crippen molar-refractivity contribution < 1.29 is 18.7 Å². The number of carbonyl (C=O) groups is 1. The molecule has 1 aromatic heterocycles. The molecular weight excluding hydrogens is 332 g/mol. The van der Waals surface area contributed by atoms with E-state index in [2.05, 4.69) is 16.3 Å². The van der Waals surface area contributed by atoms with Crippen LogP contribution in [0.25, 0.3) is 0 Å². The molecule has 3 rings (SSSR count). The number of hydrogen-bond acceptors (Lipinski definition) is 5. The Bertz CT molecular complexity index is 715. The monoisotopic (exact) mass is 358 g/mol. The molecule has 0 radical (unpaired) electrons. The number of benzene rings is 1. The molecule has 0 unspecified atom stereocenters. The van der Waals surface area contributed by atoms with Crippen LogP contribution in [-0.2, 0) is 11.3 Å². The molecule has 1 fully saturated rings. The Balaban J connectivity index is 1.45. The Kier molecular flexibility index (Phi) is 6.30. The number of rotatable bonds is 7. The van der Waals surface area contributed by atoms with Gasteiger partial charge in [-0.1, -0.05) is 6.07 Å². The molecular formula is C20H26N2O4. The Morgan fingerprint density at radius 3 is 2.62 bits per heavy atom. The van der Waals surface area contributed by atoms with Gasteiger partial charge in [0.05, 0.1) is 13.2 Å². The quantitative estimate of drug-likeness (QED) is 0.824. The van der Waals surface area contributed by atoms with Crippen LogP contribution in [0.15, 0.2) is 34.7 Å². The molecule has 1 amide bonds. The Labute approximate surface area is 154 Å². The fraction of sp³-hybridized carbons (Fsp3) is 0.450. The van der Waals surface area contributed by atoms with Gasteiger partial charge in [-0.2, -0.15) is 0 Å². The van der Waals surface area contributed by atoms with E-state index in [9.17, 15) is 4.79 Å². The van der Waals surface area contributed by atoms with Crippen molar-refractivity contribution in [2.45, 2.75) is 20.5 Å². The Morgan fingerprint density at radius 1 is 1.15 bits per heavy atom. The van der Waals surface area contributed by atoms with Gasteiger partial charge in [0.25, 0.3) is 5.91 Å². The summed E-state index contributed by atoms with van der Waals surface area (Å²) >= 11 is 0. The van der Waals surface area contributed by atoms with Crippen LogP contribution in [0, 0.1) is 13.8 Å². The van der Waals surface area contributed by atoms with Crippen LogP contribution in [0.4, 0.5) is 0 Å². The molecule has 0 atom stereocenters. The molecule has 1 aliphatic heterocycles. The predicted molar refractivity (Wildman–Crippen MR) is 98.5 cm³/mol. The van der Waals surface area contributed by atoms with Gasteiger partial charge in [0.15, 0.2) is 5.76 Å². The van der Waals surface area contributed by atoms with Gasteiger partial charge in [-0.3, -0.25) is 9.69 Å². The van der Waals surface area contributed by atoms with E-state index in [0.717, 1.165) is 49.7 Å². The highest BCUT2D eigenvalue weighted by molar-refractivity contribution is 5.91. The van der Waals surface area contributed by atoms with E-state index in [1.165, 1.54) is 0 Å². The fourth-order valence-corrected chi connectivity index (χ4v) is 2.99. The molecule has 26 heavy (non-hydrogen) atoms. The first-order valence-electron chi connectivity index (χ1n) is 8.98. The van der Waals surface area contributed by atoms with Crippen molar-refractivity contribution in [3.05, 3.63) is 53.0 Å². The maximum Gasteiger partial charge on any atom is 0.287 e. The van der Waals surface area contributed by atoms with Gasteiger partial charge in [-0.05, 0) is 49.2 Å². The summed E-state index contributed by atoms with van der Waals surface area (Å²) in [4.78, 5) is 14.4. The number of furan rings is 1. The highest BCUT2D eigenvalue weighted by atomic mass is 16.5. The molecule has 1 aromatic carbocycles. The van der Waals surface area contributed by atoms with Crippen molar-refractivity contribution >= 4 is 5.91 Å². The molecule has 2 heterocycles. The lowest BCUT2D eigenvalue weighted by atomic mass is 10.1. The van der Waals surface area contributed by atoms with Crippen molar-refractivity contribution in [1.82, 2.24) is 10.2 Å². The van der Waals surface area contributed by atoms with E-state index >= 15 is 0 Å². The third-order valence-corrected chi connectivity index (χ3v) is 4.28. The molecule has 0 saturated carbocycles. The molecule has 1 N–H and O–H groups in total. The van der Waals surface area contributed by atoms with Crippen molar-refractivity contribution in [1.29, 1.82) is 0 Å². The second kappa shape index (κ2) is 8.87. The Morgan fingerprint density at radius 2 is 1.88 bits per heavy atom. The van der Waals surface area contributed by atoms with Crippen LogP contribution in [0.3, 0.4) is 0 Å². The Hall–Kier alpha value is -2.31. The minimum atomic E-state index is -0.198. The summed E-state index contributed by atoms with van der Waals surface area (Å²) < 4.78 is 16.7. The molecule has 0 bridgehead atoms. The molecule has 1 aliphatic rings. The first kappa shape index (κ1) is 18.5. The number of amides is 1. The molecule has 0 aliphatic carbocycles. The van der Waals surface area contributed by atoms with Crippen LogP contribution >= 0.6 is 0 Å². The minimum absolute atomic E-state index is 0.198. The van der Waals surface area contributed by atoms with Crippen LogP contribution < -0.4 is 10.1 Å². The molecule has 0 spiro atoms. The topological polar surface area (TPSA) is 63.9 Å². The van der Waals surface area contributed by atoms with Gasteiger partial charge in [-0.25, -0.2) is 0 Å². The smallest absolute Gasteiger partial charge is 0.287 e. The third kappa shape index (κ3) is 5.34. The van der Waals surface area contributed by atoms with Crippen LogP contribution in [0.1, 0.15) is 27.4 Å². The SMILES string of the molecule is Cc1cc(C)cc(OCc2ccc(C(=O)NCCN3CCOCC3)o2)c1. The standard InChI is InChI=1S/C20H26N2O4/c1-15-11-16(2)13-18(12-15)25-14-17-3-4-19(26-17)20(23)21-5-6-22-7-9-24-10-8-22/h3-4,11-13H,5-10,14H2,1-2H3,(H,21,23). The first-order chi connectivity index (χ1) is 12.6. The zero-order chi connectivity index (χ0) is 18.4. The first-order valence-corrected chi connectivity index (χ1v) is 8.98. The number of aryl methyl sites for hydroxylation is 2. The zero-order valence-corrected chi connectivity index (χ0v) is 15.4. The largest absolute Gasteiger partial charge is 0.486 e. The summed E-state index contributed by atoms with van der Waals surface area (Å²) in [6, 6.07) is 9.52. The molecule has 140 valence electrons. The van der Waals surface area contributed by atoms with E-state index in [4.69, 9.17) is 13.9 Å². The number of morpholine rings is 1. The van der Waals surface area contributed by atoms with E-state index in [-0.39, 0.29) is 5.91 Å². The number of nitrogens with one attached hydrogen (secondary N) is 1. The van der Waals surface area contributed by atoms with Gasteiger partial charge >= 0.3 is 0 Å². The number of ether oxygens (including phenoxy) is 2. The maximum atomic E-state index is 12.2. The van der Waals surface area contributed by atoms with Crippen molar-refractivity contribution in [2.24, 2.45) is 0 Å². The fourth-order valence-electron chi connectivity index (χ4n) is 2.99. The predicted octanol–water partition coefficient (Wildman–Crippen LogP) is 2.54. The van der Waals surface area contributed by atoms with Crippen LogP contribution in [0.5, 0.6) is 5.75 Å². The summed E-state index contributed by atoms with van der Waals surface area (Å²) in [5, 5.41) is 2.89. The van der Waals surface area contributed by atoms with Crippen molar-refractivity contribution in [3.63, 3.8) is 0 Å².